The number of nitrogens with zero attached hydrogens (tertiary/aromatic N) is 5. The molecule has 0 saturated heterocycles. The van der Waals surface area contributed by atoms with Crippen molar-refractivity contribution in [2.45, 2.75) is 51.8 Å². The highest BCUT2D eigenvalue weighted by Gasteiger charge is 2.27. The normalized spacial score (nSPS) is 12.0. The van der Waals surface area contributed by atoms with E-state index >= 15 is 0 Å². The topological polar surface area (TPSA) is 236 Å². The molecule has 0 aliphatic carbocycles. The summed E-state index contributed by atoms with van der Waals surface area (Å²) >= 11 is 0. The first kappa shape index (κ1) is 35.8. The van der Waals surface area contributed by atoms with Crippen LogP contribution in [0.4, 0.5) is 17.5 Å². The summed E-state index contributed by atoms with van der Waals surface area (Å²) in [4.78, 5) is 57.2. The summed E-state index contributed by atoms with van der Waals surface area (Å²) in [5.41, 5.74) is 18.6. The van der Waals surface area contributed by atoms with Gasteiger partial charge in [0.25, 0.3) is 5.91 Å². The van der Waals surface area contributed by atoms with Gasteiger partial charge >= 0.3 is 5.97 Å². The van der Waals surface area contributed by atoms with Crippen LogP contribution in [0.25, 0.3) is 11.2 Å². The molecule has 0 aliphatic heterocycles. The molecule has 0 spiro atoms. The van der Waals surface area contributed by atoms with Crippen molar-refractivity contribution in [3.8, 4) is 0 Å². The third kappa shape index (κ3) is 11.7. The molecule has 0 bridgehead atoms. The molecule has 46 heavy (non-hydrogen) atoms. The van der Waals surface area contributed by atoms with Gasteiger partial charge in [0.05, 0.1) is 44.9 Å². The summed E-state index contributed by atoms with van der Waals surface area (Å²) in [6.07, 6.45) is 1.63. The van der Waals surface area contributed by atoms with Crippen molar-refractivity contribution in [3.63, 3.8) is 0 Å². The number of fused-ring (bicyclic) bond motifs is 1. The van der Waals surface area contributed by atoms with Crippen molar-refractivity contribution in [3.05, 3.63) is 41.7 Å². The zero-order chi connectivity index (χ0) is 33.7. The summed E-state index contributed by atoms with van der Waals surface area (Å²) in [6.45, 7) is 7.90. The highest BCUT2D eigenvalue weighted by molar-refractivity contribution is 5.97. The molecule has 1 aromatic carbocycles. The molecule has 3 rings (SSSR count). The molecule has 16 nitrogen and oxygen atoms in total. The number of ether oxygens (including phenoxy) is 3. The summed E-state index contributed by atoms with van der Waals surface area (Å²) in [5.74, 6) is -1.23. The SMILES string of the molecule is CN(Cc1cnc2nc(N)nc(N)c2n1)c1ccc(C(=O)NC(CCC(=O)NCCOCCOCCN)C(=O)OC(C)(C)C)cc1. The Kier molecular flexibility index (Phi) is 13.3. The molecule has 16 heteroatoms. The van der Waals surface area contributed by atoms with Gasteiger partial charge in [0, 0.05) is 37.8 Å². The second-order valence-corrected chi connectivity index (χ2v) is 11.4. The van der Waals surface area contributed by atoms with Crippen LogP contribution in [0.15, 0.2) is 30.5 Å². The lowest BCUT2D eigenvalue weighted by molar-refractivity contribution is -0.157. The first-order chi connectivity index (χ1) is 21.9. The van der Waals surface area contributed by atoms with E-state index in [4.69, 9.17) is 31.4 Å². The molecule has 0 radical (unpaired) electrons. The Balaban J connectivity index is 1.56. The third-order valence-corrected chi connectivity index (χ3v) is 6.33. The van der Waals surface area contributed by atoms with E-state index in [0.717, 1.165) is 5.69 Å². The van der Waals surface area contributed by atoms with E-state index in [1.807, 2.05) is 11.9 Å². The Morgan fingerprint density at radius 1 is 0.978 bits per heavy atom. The number of rotatable bonds is 17. The molecule has 0 fully saturated rings. The van der Waals surface area contributed by atoms with Gasteiger partial charge in [-0.1, -0.05) is 0 Å². The molecule has 2 aromatic heterocycles. The van der Waals surface area contributed by atoms with Crippen molar-refractivity contribution in [1.29, 1.82) is 0 Å². The zero-order valence-electron chi connectivity index (χ0n) is 26.7. The summed E-state index contributed by atoms with van der Waals surface area (Å²) in [6, 6.07) is 5.78. The van der Waals surface area contributed by atoms with Crippen LogP contribution in [0.1, 0.15) is 49.7 Å². The van der Waals surface area contributed by atoms with E-state index < -0.39 is 23.5 Å². The fourth-order valence-electron chi connectivity index (χ4n) is 4.16. The summed E-state index contributed by atoms with van der Waals surface area (Å²) < 4.78 is 16.1. The minimum absolute atomic E-state index is 0.00361. The zero-order valence-corrected chi connectivity index (χ0v) is 26.7. The molecule has 1 unspecified atom stereocenters. The maximum Gasteiger partial charge on any atom is 0.329 e. The van der Waals surface area contributed by atoms with Crippen LogP contribution < -0.4 is 32.7 Å². The third-order valence-electron chi connectivity index (χ3n) is 6.33. The molecule has 2 amide bonds. The van der Waals surface area contributed by atoms with Crippen LogP contribution in [-0.4, -0.2) is 95.9 Å². The Bertz CT molecular complexity index is 1470. The van der Waals surface area contributed by atoms with E-state index in [2.05, 4.69) is 30.6 Å². The Hall–Kier alpha value is -4.67. The number of aromatic nitrogens is 4. The van der Waals surface area contributed by atoms with Gasteiger partial charge in [-0.05, 0) is 51.5 Å². The number of hydrogen-bond donors (Lipinski definition) is 5. The first-order valence-corrected chi connectivity index (χ1v) is 14.9. The molecular formula is C30H44N10O6. The highest BCUT2D eigenvalue weighted by Crippen LogP contribution is 2.19. The van der Waals surface area contributed by atoms with Crippen LogP contribution in [0.5, 0.6) is 0 Å². The molecule has 250 valence electrons. The Labute approximate surface area is 267 Å². The van der Waals surface area contributed by atoms with Crippen LogP contribution in [-0.2, 0) is 30.3 Å². The number of hydrogen-bond acceptors (Lipinski definition) is 14. The average Bonchev–Trinajstić information content (AvgIpc) is 2.99. The minimum atomic E-state index is -1.03. The number of benzene rings is 1. The summed E-state index contributed by atoms with van der Waals surface area (Å²) in [5, 5.41) is 5.46. The molecule has 1 atom stereocenters. The maximum atomic E-state index is 13.1. The summed E-state index contributed by atoms with van der Waals surface area (Å²) in [7, 11) is 1.86. The van der Waals surface area contributed by atoms with Crippen LogP contribution >= 0.6 is 0 Å². The second kappa shape index (κ2) is 17.1. The predicted molar refractivity (Wildman–Crippen MR) is 173 cm³/mol. The second-order valence-electron chi connectivity index (χ2n) is 11.4. The van der Waals surface area contributed by atoms with Crippen molar-refractivity contribution in [1.82, 2.24) is 30.6 Å². The lowest BCUT2D eigenvalue weighted by atomic mass is 10.1. The monoisotopic (exact) mass is 640 g/mol. The molecule has 8 N–H and O–H groups in total. The molecular weight excluding hydrogens is 596 g/mol. The van der Waals surface area contributed by atoms with E-state index in [1.54, 1.807) is 51.2 Å². The number of carbonyl (C=O) groups excluding carboxylic acids is 3. The highest BCUT2D eigenvalue weighted by atomic mass is 16.6. The first-order valence-electron chi connectivity index (χ1n) is 14.9. The number of nitrogens with one attached hydrogen (secondary N) is 2. The van der Waals surface area contributed by atoms with Crippen LogP contribution in [0, 0.1) is 0 Å². The van der Waals surface area contributed by atoms with Gasteiger partial charge in [-0.15, -0.1) is 0 Å². The van der Waals surface area contributed by atoms with Gasteiger partial charge in [-0.2, -0.15) is 9.97 Å². The number of nitrogens with two attached hydrogens (primary N) is 3. The van der Waals surface area contributed by atoms with Crippen molar-refractivity contribution in [2.24, 2.45) is 5.73 Å². The quantitative estimate of drug-likeness (QED) is 0.100. The van der Waals surface area contributed by atoms with Crippen LogP contribution in [0.2, 0.25) is 0 Å². The van der Waals surface area contributed by atoms with E-state index in [0.29, 0.717) is 68.5 Å². The van der Waals surface area contributed by atoms with Gasteiger partial charge < -0.3 is 46.9 Å². The fourth-order valence-corrected chi connectivity index (χ4v) is 4.16. The number of amides is 2. The van der Waals surface area contributed by atoms with Gasteiger partial charge in [-0.3, -0.25) is 9.59 Å². The lowest BCUT2D eigenvalue weighted by Gasteiger charge is -2.24. The van der Waals surface area contributed by atoms with Gasteiger partial charge in [0.15, 0.2) is 17.0 Å². The van der Waals surface area contributed by atoms with Crippen molar-refractivity contribution in [2.75, 3.05) is 62.9 Å². The smallest absolute Gasteiger partial charge is 0.329 e. The van der Waals surface area contributed by atoms with E-state index in [1.165, 1.54) is 0 Å². The van der Waals surface area contributed by atoms with E-state index in [9.17, 15) is 14.4 Å². The van der Waals surface area contributed by atoms with Crippen molar-refractivity contribution >= 4 is 46.4 Å². The molecule has 0 saturated carbocycles. The molecule has 3 aromatic rings. The number of nitrogen functional groups attached to an aromatic ring is 2. The average molecular weight is 641 g/mol. The largest absolute Gasteiger partial charge is 0.458 e. The fraction of sp³-hybridized carbons (Fsp3) is 0.500. The van der Waals surface area contributed by atoms with Crippen molar-refractivity contribution < 1.29 is 28.6 Å². The standard InChI is InChI=1S/C30H44N10O6/c1-30(2,3)46-28(43)22(9-10-23(41)34-12-14-45-16-15-44-13-11-31)37-27(42)19-5-7-21(8-6-19)40(4)18-20-17-35-26-24(36-20)25(32)38-29(33)39-26/h5-8,17,22H,9-16,18,31H2,1-4H3,(H,34,41)(H,37,42)(H4,32,33,35,38,39). The minimum Gasteiger partial charge on any atom is -0.458 e. The van der Waals surface area contributed by atoms with Gasteiger partial charge in [0.2, 0.25) is 11.9 Å². The van der Waals surface area contributed by atoms with E-state index in [-0.39, 0.29) is 30.5 Å². The maximum absolute atomic E-state index is 13.1. The van der Waals surface area contributed by atoms with Gasteiger partial charge in [-0.25, -0.2) is 14.8 Å². The Morgan fingerprint density at radius 2 is 1.67 bits per heavy atom. The van der Waals surface area contributed by atoms with Crippen LogP contribution in [0.3, 0.4) is 0 Å². The molecule has 2 heterocycles. The molecule has 0 aliphatic rings. The number of anilines is 3. The number of esters is 1. The lowest BCUT2D eigenvalue weighted by Crippen LogP contribution is -2.45. The number of carbonyl (C=O) groups is 3. The predicted octanol–water partition coefficient (Wildman–Crippen LogP) is 0.549. The Morgan fingerprint density at radius 3 is 2.35 bits per heavy atom. The van der Waals surface area contributed by atoms with Gasteiger partial charge in [0.1, 0.15) is 11.6 Å².